The van der Waals surface area contributed by atoms with Gasteiger partial charge in [-0.05, 0) is 67.2 Å². The van der Waals surface area contributed by atoms with Crippen molar-refractivity contribution in [3.05, 3.63) is 34.9 Å². The van der Waals surface area contributed by atoms with E-state index < -0.39 is 29.3 Å². The summed E-state index contributed by atoms with van der Waals surface area (Å²) in [6.07, 6.45) is 10.4. The molecule has 0 heterocycles. The van der Waals surface area contributed by atoms with Crippen LogP contribution in [0.3, 0.4) is 0 Å². The zero-order valence-corrected chi connectivity index (χ0v) is 20.6. The first-order valence-corrected chi connectivity index (χ1v) is 11.8. The van der Waals surface area contributed by atoms with Crippen LogP contribution in [-0.2, 0) is 14.4 Å². The molecule has 0 aliphatic heterocycles. The van der Waals surface area contributed by atoms with E-state index in [1.54, 1.807) is 0 Å². The molecular formula is C24H39NO5S. The lowest BCUT2D eigenvalue weighted by Gasteiger charge is -2.20. The van der Waals surface area contributed by atoms with E-state index in [9.17, 15) is 19.5 Å². The Balaban J connectivity index is 4.38. The Morgan fingerprint density at radius 1 is 0.935 bits per heavy atom. The molecule has 1 atom stereocenters. The predicted octanol–water partition coefficient (Wildman–Crippen LogP) is 5.21. The number of allylic oxidation sites excluding steroid dienone is 5. The molecule has 0 bridgehead atoms. The summed E-state index contributed by atoms with van der Waals surface area (Å²) < 4.78 is 0. The van der Waals surface area contributed by atoms with E-state index in [4.69, 9.17) is 5.11 Å². The number of carbonyl (C=O) groups excluding carboxylic acids is 1. The van der Waals surface area contributed by atoms with Gasteiger partial charge < -0.3 is 15.5 Å². The third-order valence-electron chi connectivity index (χ3n) is 4.77. The van der Waals surface area contributed by atoms with E-state index >= 15 is 0 Å². The molecule has 0 aromatic heterocycles. The van der Waals surface area contributed by atoms with Gasteiger partial charge in [0.25, 0.3) is 0 Å². The molecule has 176 valence electrons. The number of hydrogen-bond donors (Lipinski definition) is 3. The molecule has 0 saturated heterocycles. The van der Waals surface area contributed by atoms with Gasteiger partial charge in [0, 0.05) is 17.9 Å². The molecule has 0 saturated carbocycles. The maximum Gasteiger partial charge on any atom is 0.327 e. The second-order valence-electron chi connectivity index (χ2n) is 8.82. The first-order valence-electron chi connectivity index (χ1n) is 10.6. The van der Waals surface area contributed by atoms with Crippen LogP contribution in [0.5, 0.6) is 0 Å². The Bertz CT molecular complexity index is 703. The van der Waals surface area contributed by atoms with Crippen molar-refractivity contribution in [2.24, 2.45) is 5.41 Å². The lowest BCUT2D eigenvalue weighted by molar-refractivity contribution is -0.150. The highest BCUT2D eigenvalue weighted by molar-refractivity contribution is 7.99. The Kier molecular flexibility index (Phi) is 13.9. The summed E-state index contributed by atoms with van der Waals surface area (Å²) in [5.74, 6) is -1.90. The lowest BCUT2D eigenvalue weighted by Crippen LogP contribution is -2.44. The molecule has 7 heteroatoms. The first kappa shape index (κ1) is 29.0. The number of amides is 1. The van der Waals surface area contributed by atoms with Crippen LogP contribution in [0.2, 0.25) is 0 Å². The lowest BCUT2D eigenvalue weighted by atomic mass is 9.89. The van der Waals surface area contributed by atoms with Gasteiger partial charge >= 0.3 is 11.9 Å². The molecule has 0 aromatic rings. The minimum absolute atomic E-state index is 0.224. The number of nitrogens with one attached hydrogen (secondary N) is 1. The zero-order valence-electron chi connectivity index (χ0n) is 19.8. The summed E-state index contributed by atoms with van der Waals surface area (Å²) in [7, 11) is 0. The van der Waals surface area contributed by atoms with Crippen LogP contribution in [0.25, 0.3) is 0 Å². The summed E-state index contributed by atoms with van der Waals surface area (Å²) >= 11 is 1.43. The highest BCUT2D eigenvalue weighted by Crippen LogP contribution is 2.20. The van der Waals surface area contributed by atoms with Gasteiger partial charge in [0.1, 0.15) is 6.04 Å². The van der Waals surface area contributed by atoms with E-state index in [0.717, 1.165) is 25.7 Å². The number of rotatable bonds is 15. The number of carboxylic acid groups (broad SMARTS) is 2. The van der Waals surface area contributed by atoms with Gasteiger partial charge in [-0.1, -0.05) is 34.9 Å². The van der Waals surface area contributed by atoms with E-state index in [1.165, 1.54) is 42.3 Å². The van der Waals surface area contributed by atoms with Crippen molar-refractivity contribution >= 4 is 29.6 Å². The van der Waals surface area contributed by atoms with Crippen LogP contribution in [0.15, 0.2) is 34.9 Å². The van der Waals surface area contributed by atoms with Crippen LogP contribution in [0, 0.1) is 5.41 Å². The summed E-state index contributed by atoms with van der Waals surface area (Å²) in [5, 5.41) is 20.9. The number of thioether (sulfide) groups is 1. The normalized spacial score (nSPS) is 13.5. The molecule has 0 spiro atoms. The Labute approximate surface area is 191 Å². The molecule has 0 aromatic carbocycles. The van der Waals surface area contributed by atoms with E-state index in [1.807, 2.05) is 0 Å². The van der Waals surface area contributed by atoms with Crippen molar-refractivity contribution in [2.45, 2.75) is 79.7 Å². The van der Waals surface area contributed by atoms with E-state index in [0.29, 0.717) is 5.75 Å². The monoisotopic (exact) mass is 453 g/mol. The molecular weight excluding hydrogens is 414 g/mol. The van der Waals surface area contributed by atoms with Gasteiger partial charge in [0.2, 0.25) is 5.91 Å². The van der Waals surface area contributed by atoms with Crippen LogP contribution in [0.1, 0.15) is 73.6 Å². The Morgan fingerprint density at radius 3 is 2.00 bits per heavy atom. The fourth-order valence-electron chi connectivity index (χ4n) is 2.62. The molecule has 0 fully saturated rings. The van der Waals surface area contributed by atoms with Crippen molar-refractivity contribution in [1.82, 2.24) is 5.32 Å². The number of carboxylic acids is 2. The first-order chi connectivity index (χ1) is 14.3. The average molecular weight is 454 g/mol. The van der Waals surface area contributed by atoms with Gasteiger partial charge in [-0.15, -0.1) is 0 Å². The smallest absolute Gasteiger partial charge is 0.327 e. The van der Waals surface area contributed by atoms with Crippen molar-refractivity contribution in [2.75, 3.05) is 11.5 Å². The molecule has 1 unspecified atom stereocenters. The topological polar surface area (TPSA) is 104 Å². The molecule has 0 radical (unpaired) electrons. The number of carbonyl (C=O) groups is 3. The number of aliphatic carboxylic acids is 2. The van der Waals surface area contributed by atoms with E-state index in [2.05, 4.69) is 51.2 Å². The zero-order chi connectivity index (χ0) is 24.0. The second kappa shape index (κ2) is 14.9. The fraction of sp³-hybridized carbons (Fsp3) is 0.625. The molecule has 1 amide bonds. The summed E-state index contributed by atoms with van der Waals surface area (Å²) in [4.78, 5) is 34.6. The van der Waals surface area contributed by atoms with Gasteiger partial charge in [-0.3, -0.25) is 9.59 Å². The van der Waals surface area contributed by atoms with Crippen LogP contribution in [0.4, 0.5) is 0 Å². The molecule has 3 N–H and O–H groups in total. The Hall–Kier alpha value is -2.02. The van der Waals surface area contributed by atoms with Crippen molar-refractivity contribution in [3.63, 3.8) is 0 Å². The number of hydrogen-bond acceptors (Lipinski definition) is 4. The Morgan fingerprint density at radius 2 is 1.48 bits per heavy atom. The van der Waals surface area contributed by atoms with Gasteiger partial charge in [-0.25, -0.2) is 4.79 Å². The van der Waals surface area contributed by atoms with Crippen LogP contribution < -0.4 is 5.32 Å². The maximum atomic E-state index is 12.0. The molecule has 6 nitrogen and oxygen atoms in total. The van der Waals surface area contributed by atoms with Crippen molar-refractivity contribution in [1.29, 1.82) is 0 Å². The summed E-state index contributed by atoms with van der Waals surface area (Å²) in [6, 6.07) is -1.04. The van der Waals surface area contributed by atoms with Gasteiger partial charge in [-0.2, -0.15) is 11.8 Å². The van der Waals surface area contributed by atoms with Crippen molar-refractivity contribution < 1.29 is 24.6 Å². The maximum absolute atomic E-state index is 12.0. The highest BCUT2D eigenvalue weighted by Gasteiger charge is 2.31. The minimum atomic E-state index is -1.24. The average Bonchev–Trinajstić information content (AvgIpc) is 2.63. The van der Waals surface area contributed by atoms with Gasteiger partial charge in [0.15, 0.2) is 0 Å². The predicted molar refractivity (Wildman–Crippen MR) is 128 cm³/mol. The summed E-state index contributed by atoms with van der Waals surface area (Å²) in [5.41, 5.74) is 2.75. The SMILES string of the molecule is CC(C)=CCCC(C)=CCCC(C)=CCSCC(NC(=O)CC(C)(C)C(=O)O)C(=O)O. The van der Waals surface area contributed by atoms with E-state index in [-0.39, 0.29) is 12.2 Å². The standard InChI is InChI=1S/C24H39NO5S/c1-17(2)9-7-10-18(3)11-8-12-19(4)13-14-31-16-20(22(27)28)25-21(26)15-24(5,6)23(29)30/h9,11,13,20H,7-8,10,12,14-16H2,1-6H3,(H,25,26)(H,27,28)(H,29,30). The van der Waals surface area contributed by atoms with Crippen LogP contribution in [-0.4, -0.2) is 45.6 Å². The third kappa shape index (κ3) is 14.6. The van der Waals surface area contributed by atoms with Gasteiger partial charge in [0.05, 0.1) is 5.41 Å². The highest BCUT2D eigenvalue weighted by atomic mass is 32.2. The second-order valence-corrected chi connectivity index (χ2v) is 9.90. The molecule has 0 aliphatic rings. The van der Waals surface area contributed by atoms with Crippen LogP contribution >= 0.6 is 11.8 Å². The summed E-state index contributed by atoms with van der Waals surface area (Å²) in [6.45, 7) is 11.3. The largest absolute Gasteiger partial charge is 0.481 e. The molecule has 0 aliphatic carbocycles. The molecule has 31 heavy (non-hydrogen) atoms. The molecule has 0 rings (SSSR count). The fourth-order valence-corrected chi connectivity index (χ4v) is 3.62. The quantitative estimate of drug-likeness (QED) is 0.232. The third-order valence-corrected chi connectivity index (χ3v) is 5.74. The minimum Gasteiger partial charge on any atom is -0.481 e. The van der Waals surface area contributed by atoms with Crippen molar-refractivity contribution in [3.8, 4) is 0 Å².